The molecule has 0 heterocycles. The molecular formula is C6H13ClN2O3. The number of rotatable bonds is 5. The maximum atomic E-state index is 10.0. The summed E-state index contributed by atoms with van der Waals surface area (Å²) < 4.78 is 4.90. The molecule has 0 aliphatic heterocycles. The van der Waals surface area contributed by atoms with E-state index >= 15 is 0 Å². The Hall–Kier alpha value is -1.10. The molecule has 0 aromatic carbocycles. The summed E-state index contributed by atoms with van der Waals surface area (Å²) in [6.07, 6.45) is 1.19. The van der Waals surface area contributed by atoms with Crippen LogP contribution in [0.15, 0.2) is 12.1 Å². The van der Waals surface area contributed by atoms with Crippen LogP contribution in [0.25, 0.3) is 0 Å². The number of carboxylic acid groups (broad SMARTS) is 1. The highest BCUT2D eigenvalue weighted by Gasteiger charge is 1.98. The van der Waals surface area contributed by atoms with Crippen LogP contribution in [-0.4, -0.2) is 24.2 Å². The fourth-order valence-electron chi connectivity index (χ4n) is 0.476. The van der Waals surface area contributed by atoms with Gasteiger partial charge in [-0.15, -0.1) is 12.4 Å². The smallest absolute Gasteiger partial charge is 0.322 e. The summed E-state index contributed by atoms with van der Waals surface area (Å²) in [6.45, 7) is 2.05. The number of hydrogen-bond acceptors (Lipinski definition) is 4. The van der Waals surface area contributed by atoms with Crippen molar-refractivity contribution < 1.29 is 14.6 Å². The molecule has 0 unspecified atom stereocenters. The molecule has 0 bridgehead atoms. The molecule has 0 rings (SSSR count). The van der Waals surface area contributed by atoms with Gasteiger partial charge in [0, 0.05) is 0 Å². The minimum Gasteiger partial charge on any atom is -0.480 e. The Kier molecular flexibility index (Phi) is 8.99. The van der Waals surface area contributed by atoms with Gasteiger partial charge in [-0.25, -0.2) is 0 Å². The molecule has 0 aromatic heterocycles. The van der Waals surface area contributed by atoms with Crippen molar-refractivity contribution in [3.8, 4) is 0 Å². The van der Waals surface area contributed by atoms with Gasteiger partial charge in [-0.2, -0.15) is 0 Å². The molecule has 0 saturated heterocycles. The number of aliphatic carboxylic acids is 1. The fourth-order valence-corrected chi connectivity index (χ4v) is 0.476. The monoisotopic (exact) mass is 196 g/mol. The zero-order chi connectivity index (χ0) is 8.69. The Bertz CT molecular complexity index is 161. The molecule has 0 amide bonds. The van der Waals surface area contributed by atoms with Gasteiger partial charge in [0.05, 0.1) is 12.8 Å². The molecule has 0 aromatic rings. The minimum atomic E-state index is -0.955. The Balaban J connectivity index is 0. The number of halogens is 1. The molecule has 0 radical (unpaired) electrons. The van der Waals surface area contributed by atoms with Crippen LogP contribution in [0.2, 0.25) is 0 Å². The molecule has 0 atom stereocenters. The summed E-state index contributed by atoms with van der Waals surface area (Å²) in [7, 11) is 0. The quantitative estimate of drug-likeness (QED) is 0.534. The lowest BCUT2D eigenvalue weighted by Crippen LogP contribution is -2.24. The number of hydrogen-bond donors (Lipinski definition) is 3. The van der Waals surface area contributed by atoms with E-state index in [-0.39, 0.29) is 24.8 Å². The summed E-state index contributed by atoms with van der Waals surface area (Å²) in [5.41, 5.74) is 5.10. The third kappa shape index (κ3) is 7.01. The number of carbonyl (C=O) groups is 1. The first-order valence-corrected chi connectivity index (χ1v) is 3.21. The standard InChI is InChI=1S/C6H12N2O3.ClH/c1-2-11-5(3-7)8-4-6(9)10;/h3,8H,2,4,7H2,1H3,(H,9,10);1H/b5-3+;. The van der Waals surface area contributed by atoms with Gasteiger partial charge >= 0.3 is 5.97 Å². The van der Waals surface area contributed by atoms with Crippen LogP contribution in [0.1, 0.15) is 6.92 Å². The molecule has 0 aliphatic carbocycles. The van der Waals surface area contributed by atoms with Gasteiger partial charge in [-0.05, 0) is 6.92 Å². The Morgan fingerprint density at radius 2 is 2.33 bits per heavy atom. The molecule has 72 valence electrons. The highest BCUT2D eigenvalue weighted by atomic mass is 35.5. The van der Waals surface area contributed by atoms with E-state index in [4.69, 9.17) is 15.6 Å². The number of nitrogens with two attached hydrogens (primary N) is 1. The molecule has 6 heteroatoms. The van der Waals surface area contributed by atoms with Crippen molar-refractivity contribution in [3.05, 3.63) is 12.1 Å². The Morgan fingerprint density at radius 1 is 1.75 bits per heavy atom. The van der Waals surface area contributed by atoms with Gasteiger partial charge in [0.15, 0.2) is 0 Å². The lowest BCUT2D eigenvalue weighted by molar-refractivity contribution is -0.136. The number of ether oxygens (including phenoxy) is 1. The largest absolute Gasteiger partial charge is 0.480 e. The van der Waals surface area contributed by atoms with E-state index in [1.54, 1.807) is 6.92 Å². The summed E-state index contributed by atoms with van der Waals surface area (Å²) in [4.78, 5) is 10.0. The number of nitrogens with one attached hydrogen (secondary N) is 1. The molecule has 0 aliphatic rings. The van der Waals surface area contributed by atoms with Gasteiger partial charge in [-0.1, -0.05) is 0 Å². The Labute approximate surface area is 77.0 Å². The van der Waals surface area contributed by atoms with E-state index in [9.17, 15) is 4.79 Å². The second-order valence-electron chi connectivity index (χ2n) is 1.71. The van der Waals surface area contributed by atoms with Crippen LogP contribution in [0, 0.1) is 0 Å². The van der Waals surface area contributed by atoms with Crippen LogP contribution >= 0.6 is 12.4 Å². The first-order valence-electron chi connectivity index (χ1n) is 3.21. The number of carboxylic acids is 1. The van der Waals surface area contributed by atoms with Crippen molar-refractivity contribution >= 4 is 18.4 Å². The van der Waals surface area contributed by atoms with Gasteiger partial charge in [-0.3, -0.25) is 4.79 Å². The minimum absolute atomic E-state index is 0. The molecule has 0 fully saturated rings. The summed E-state index contributed by atoms with van der Waals surface area (Å²) in [5.74, 6) is -0.668. The lowest BCUT2D eigenvalue weighted by atomic mass is 10.6. The van der Waals surface area contributed by atoms with Crippen molar-refractivity contribution in [1.29, 1.82) is 0 Å². The van der Waals surface area contributed by atoms with Crippen molar-refractivity contribution in [2.75, 3.05) is 13.2 Å². The molecule has 4 N–H and O–H groups in total. The molecule has 0 saturated carbocycles. The van der Waals surface area contributed by atoms with Crippen molar-refractivity contribution in [2.45, 2.75) is 6.92 Å². The van der Waals surface area contributed by atoms with E-state index in [1.165, 1.54) is 6.20 Å². The van der Waals surface area contributed by atoms with Gasteiger partial charge < -0.3 is 20.9 Å². The predicted octanol–water partition coefficient (Wildman–Crippen LogP) is -0.123. The van der Waals surface area contributed by atoms with Crippen LogP contribution in [0.4, 0.5) is 0 Å². The van der Waals surface area contributed by atoms with Crippen LogP contribution < -0.4 is 11.1 Å². The second kappa shape index (κ2) is 8.00. The van der Waals surface area contributed by atoms with E-state index in [1.807, 2.05) is 0 Å². The summed E-state index contributed by atoms with van der Waals surface area (Å²) in [6, 6.07) is 0. The highest BCUT2D eigenvalue weighted by Crippen LogP contribution is 1.87. The maximum Gasteiger partial charge on any atom is 0.322 e. The summed E-state index contributed by atoms with van der Waals surface area (Å²) >= 11 is 0. The topological polar surface area (TPSA) is 84.6 Å². The Morgan fingerprint density at radius 3 is 2.67 bits per heavy atom. The van der Waals surface area contributed by atoms with Crippen molar-refractivity contribution in [3.63, 3.8) is 0 Å². The normalized spacial score (nSPS) is 9.92. The zero-order valence-electron chi connectivity index (χ0n) is 6.74. The molecule has 12 heavy (non-hydrogen) atoms. The molecule has 5 nitrogen and oxygen atoms in total. The third-order valence-corrected chi connectivity index (χ3v) is 0.865. The average molecular weight is 197 g/mol. The van der Waals surface area contributed by atoms with Crippen molar-refractivity contribution in [2.24, 2.45) is 5.73 Å². The first kappa shape index (κ1) is 13.5. The SMILES string of the molecule is CCO/C(=C/N)NCC(=O)O.Cl. The third-order valence-electron chi connectivity index (χ3n) is 0.865. The zero-order valence-corrected chi connectivity index (χ0v) is 7.56. The second-order valence-corrected chi connectivity index (χ2v) is 1.71. The van der Waals surface area contributed by atoms with Crippen LogP contribution in [0.3, 0.4) is 0 Å². The maximum absolute atomic E-state index is 10.0. The van der Waals surface area contributed by atoms with E-state index in [0.29, 0.717) is 6.61 Å². The summed E-state index contributed by atoms with van der Waals surface area (Å²) in [5, 5.41) is 10.7. The predicted molar refractivity (Wildman–Crippen MR) is 46.8 cm³/mol. The van der Waals surface area contributed by atoms with E-state index in [2.05, 4.69) is 5.32 Å². The van der Waals surface area contributed by atoms with Crippen LogP contribution in [0.5, 0.6) is 0 Å². The highest BCUT2D eigenvalue weighted by molar-refractivity contribution is 5.85. The lowest BCUT2D eigenvalue weighted by Gasteiger charge is -2.07. The van der Waals surface area contributed by atoms with Gasteiger partial charge in [0.25, 0.3) is 0 Å². The van der Waals surface area contributed by atoms with Crippen molar-refractivity contribution in [1.82, 2.24) is 5.32 Å². The molecule has 0 spiro atoms. The van der Waals surface area contributed by atoms with Gasteiger partial charge in [0.2, 0.25) is 5.88 Å². The first-order chi connectivity index (χ1) is 5.20. The van der Waals surface area contributed by atoms with E-state index in [0.717, 1.165) is 0 Å². The fraction of sp³-hybridized carbons (Fsp3) is 0.500. The molecular weight excluding hydrogens is 184 g/mol. The van der Waals surface area contributed by atoms with Crippen LogP contribution in [-0.2, 0) is 9.53 Å². The van der Waals surface area contributed by atoms with E-state index < -0.39 is 5.97 Å². The van der Waals surface area contributed by atoms with Gasteiger partial charge in [0.1, 0.15) is 6.54 Å². The average Bonchev–Trinajstić information content (AvgIpc) is 1.97.